The summed E-state index contributed by atoms with van der Waals surface area (Å²) in [5.74, 6) is 1.93. The molecule has 0 fully saturated rings. The van der Waals surface area contributed by atoms with Gasteiger partial charge in [0.15, 0.2) is 5.13 Å². The molecule has 0 aliphatic carbocycles. The van der Waals surface area contributed by atoms with Gasteiger partial charge in [0.25, 0.3) is 0 Å². The second-order valence-electron chi connectivity index (χ2n) is 5.84. The molecule has 3 N–H and O–H groups in total. The van der Waals surface area contributed by atoms with Gasteiger partial charge in [-0.1, -0.05) is 37.3 Å². The molecule has 0 saturated heterocycles. The Hall–Kier alpha value is -2.08. The zero-order chi connectivity index (χ0) is 15.7. The lowest BCUT2D eigenvalue weighted by Crippen LogP contribution is -2.22. The van der Waals surface area contributed by atoms with E-state index in [9.17, 15) is 4.79 Å². The average molecular weight is 317 g/mol. The zero-order valence-corrected chi connectivity index (χ0v) is 13.4. The predicted octanol–water partition coefficient (Wildman–Crippen LogP) is 3.23. The van der Waals surface area contributed by atoms with Gasteiger partial charge in [0.1, 0.15) is 11.6 Å². The van der Waals surface area contributed by atoms with E-state index >= 15 is 0 Å². The highest BCUT2D eigenvalue weighted by Gasteiger charge is 2.29. The van der Waals surface area contributed by atoms with Crippen LogP contribution < -0.4 is 15.8 Å². The van der Waals surface area contributed by atoms with Crippen molar-refractivity contribution in [2.75, 3.05) is 17.7 Å². The minimum absolute atomic E-state index is 0.0118. The Morgan fingerprint density at radius 2 is 2.14 bits per heavy atom. The summed E-state index contributed by atoms with van der Waals surface area (Å²) in [5, 5.41) is 3.26. The number of hydrogen-bond donors (Lipinski definition) is 2. The third kappa shape index (κ3) is 3.06. The van der Waals surface area contributed by atoms with Crippen LogP contribution in [0.3, 0.4) is 0 Å². The molecule has 0 bridgehead atoms. The van der Waals surface area contributed by atoms with Gasteiger partial charge in [-0.2, -0.15) is 0 Å². The summed E-state index contributed by atoms with van der Waals surface area (Å²) >= 11 is 1.43. The molecule has 2 aromatic rings. The largest absolute Gasteiger partial charge is 0.493 e. The topological polar surface area (TPSA) is 77.2 Å². The lowest BCUT2D eigenvalue weighted by atomic mass is 9.91. The van der Waals surface area contributed by atoms with Crippen LogP contribution in [0.4, 0.5) is 10.9 Å². The molecule has 1 atom stereocenters. The van der Waals surface area contributed by atoms with Crippen LogP contribution in [0.25, 0.3) is 0 Å². The highest BCUT2D eigenvalue weighted by Crippen LogP contribution is 2.41. The number of nitrogens with two attached hydrogens (primary N) is 1. The van der Waals surface area contributed by atoms with Gasteiger partial charge in [-0.05, 0) is 23.6 Å². The van der Waals surface area contributed by atoms with Crippen LogP contribution in [0, 0.1) is 5.92 Å². The maximum Gasteiger partial charge on any atom is 0.226 e. The summed E-state index contributed by atoms with van der Waals surface area (Å²) in [5.41, 5.74) is 6.85. The molecule has 0 spiro atoms. The number of fused-ring (bicyclic) bond motifs is 1. The fourth-order valence-corrected chi connectivity index (χ4v) is 3.38. The lowest BCUT2D eigenvalue weighted by molar-refractivity contribution is -0.116. The summed E-state index contributed by atoms with van der Waals surface area (Å²) in [4.78, 5) is 17.1. The maximum absolute atomic E-state index is 11.9. The van der Waals surface area contributed by atoms with Gasteiger partial charge in [0.05, 0.1) is 11.5 Å². The number of benzene rings is 1. The Kier molecular flexibility index (Phi) is 4.02. The first-order chi connectivity index (χ1) is 10.5. The second kappa shape index (κ2) is 5.96. The molecular formula is C16H19N3O2S. The lowest BCUT2D eigenvalue weighted by Gasteiger charge is -2.21. The van der Waals surface area contributed by atoms with Crippen LogP contribution >= 0.6 is 11.3 Å². The molecule has 1 aliphatic rings. The number of carbonyl (C=O) groups excluding carboxylic acids is 1. The van der Waals surface area contributed by atoms with Crippen LogP contribution in [0.5, 0.6) is 5.75 Å². The quantitative estimate of drug-likeness (QED) is 0.907. The van der Waals surface area contributed by atoms with E-state index in [0.717, 1.165) is 16.2 Å². The van der Waals surface area contributed by atoms with E-state index in [-0.39, 0.29) is 11.8 Å². The molecule has 0 saturated carbocycles. The van der Waals surface area contributed by atoms with Gasteiger partial charge in [-0.15, -0.1) is 0 Å². The molecule has 1 aromatic carbocycles. The normalized spacial score (nSPS) is 17.2. The minimum atomic E-state index is -0.0251. The van der Waals surface area contributed by atoms with Gasteiger partial charge < -0.3 is 15.8 Å². The van der Waals surface area contributed by atoms with E-state index in [4.69, 9.17) is 10.5 Å². The predicted molar refractivity (Wildman–Crippen MR) is 88.4 cm³/mol. The van der Waals surface area contributed by atoms with Gasteiger partial charge in [-0.25, -0.2) is 4.98 Å². The summed E-state index contributed by atoms with van der Waals surface area (Å²) in [6.45, 7) is 4.93. The third-order valence-electron chi connectivity index (χ3n) is 3.50. The smallest absolute Gasteiger partial charge is 0.226 e. The van der Waals surface area contributed by atoms with Crippen LogP contribution in [0.2, 0.25) is 0 Å². The van der Waals surface area contributed by atoms with Gasteiger partial charge in [-0.3, -0.25) is 4.79 Å². The Balaban J connectivity index is 1.83. The van der Waals surface area contributed by atoms with E-state index in [1.54, 1.807) is 0 Å². The Morgan fingerprint density at radius 3 is 2.82 bits per heavy atom. The molecule has 3 rings (SSSR count). The standard InChI is InChI=1S/C16H19N3O2S/c1-9(2)8-21-11-5-3-10(4-6-11)12-7-13(20)18-15-14(12)22-16(17)19-15/h3-6,9,12H,7-8H2,1-2H3,(H2,17,19)(H,18,20)/t12-/m0/s1. The molecule has 6 heteroatoms. The molecule has 116 valence electrons. The number of nitrogens with one attached hydrogen (secondary N) is 1. The monoisotopic (exact) mass is 317 g/mol. The van der Waals surface area contributed by atoms with Gasteiger partial charge >= 0.3 is 0 Å². The first-order valence-electron chi connectivity index (χ1n) is 7.31. The highest BCUT2D eigenvalue weighted by atomic mass is 32.1. The zero-order valence-electron chi connectivity index (χ0n) is 12.6. The summed E-state index contributed by atoms with van der Waals surface area (Å²) in [6.07, 6.45) is 0.417. The fraction of sp³-hybridized carbons (Fsp3) is 0.375. The van der Waals surface area contributed by atoms with E-state index < -0.39 is 0 Å². The number of rotatable bonds is 4. The number of nitrogen functional groups attached to an aromatic ring is 1. The number of thiazole rings is 1. The van der Waals surface area contributed by atoms with Crippen molar-refractivity contribution in [3.63, 3.8) is 0 Å². The number of amides is 1. The number of nitrogens with zero attached hydrogens (tertiary/aromatic N) is 1. The Bertz CT molecular complexity index is 679. The second-order valence-corrected chi connectivity index (χ2v) is 6.91. The maximum atomic E-state index is 11.9. The van der Waals surface area contributed by atoms with Crippen molar-refractivity contribution in [2.45, 2.75) is 26.2 Å². The number of ether oxygens (including phenoxy) is 1. The van der Waals surface area contributed by atoms with E-state index in [2.05, 4.69) is 24.1 Å². The third-order valence-corrected chi connectivity index (χ3v) is 4.50. The molecule has 5 nitrogen and oxygen atoms in total. The minimum Gasteiger partial charge on any atom is -0.493 e. The molecule has 22 heavy (non-hydrogen) atoms. The number of hydrogen-bond acceptors (Lipinski definition) is 5. The van der Waals surface area contributed by atoms with Crippen molar-refractivity contribution >= 4 is 28.2 Å². The van der Waals surface area contributed by atoms with E-state index in [1.165, 1.54) is 11.3 Å². The molecule has 1 amide bonds. The summed E-state index contributed by atoms with van der Waals surface area (Å²) in [6, 6.07) is 7.93. The van der Waals surface area contributed by atoms with Crippen molar-refractivity contribution < 1.29 is 9.53 Å². The Labute approximate surface area is 133 Å². The van der Waals surface area contributed by atoms with Gasteiger partial charge in [0, 0.05) is 12.3 Å². The molecule has 2 heterocycles. The summed E-state index contributed by atoms with van der Waals surface area (Å²) < 4.78 is 5.70. The van der Waals surface area contributed by atoms with Crippen molar-refractivity contribution in [3.8, 4) is 5.75 Å². The van der Waals surface area contributed by atoms with E-state index in [0.29, 0.717) is 29.9 Å². The molecular weight excluding hydrogens is 298 g/mol. The SMILES string of the molecule is CC(C)COc1ccc([C@@H]2CC(=O)Nc3nc(N)sc32)cc1. The fourth-order valence-electron chi connectivity index (χ4n) is 2.46. The first kappa shape index (κ1) is 14.8. The molecule has 1 aliphatic heterocycles. The number of anilines is 2. The van der Waals surface area contributed by atoms with Crippen molar-refractivity contribution in [2.24, 2.45) is 5.92 Å². The molecule has 0 radical (unpaired) electrons. The summed E-state index contributed by atoms with van der Waals surface area (Å²) in [7, 11) is 0. The van der Waals surface area contributed by atoms with E-state index in [1.807, 2.05) is 24.3 Å². The van der Waals surface area contributed by atoms with Crippen molar-refractivity contribution in [1.82, 2.24) is 4.98 Å². The highest BCUT2D eigenvalue weighted by molar-refractivity contribution is 7.16. The number of carbonyl (C=O) groups is 1. The van der Waals surface area contributed by atoms with Crippen LogP contribution in [0.1, 0.15) is 36.6 Å². The van der Waals surface area contributed by atoms with Crippen LogP contribution in [-0.2, 0) is 4.79 Å². The first-order valence-corrected chi connectivity index (χ1v) is 8.13. The molecule has 0 unspecified atom stereocenters. The number of aromatic nitrogens is 1. The average Bonchev–Trinajstić information content (AvgIpc) is 2.85. The van der Waals surface area contributed by atoms with Crippen molar-refractivity contribution in [3.05, 3.63) is 34.7 Å². The molecule has 1 aromatic heterocycles. The van der Waals surface area contributed by atoms with Gasteiger partial charge in [0.2, 0.25) is 5.91 Å². The Morgan fingerprint density at radius 1 is 1.41 bits per heavy atom. The van der Waals surface area contributed by atoms with Crippen LogP contribution in [0.15, 0.2) is 24.3 Å². The van der Waals surface area contributed by atoms with Crippen molar-refractivity contribution in [1.29, 1.82) is 0 Å². The van der Waals surface area contributed by atoms with Crippen LogP contribution in [-0.4, -0.2) is 17.5 Å².